The summed E-state index contributed by atoms with van der Waals surface area (Å²) in [5.74, 6) is -1.36. The van der Waals surface area contributed by atoms with Crippen molar-refractivity contribution in [3.05, 3.63) is 71.5 Å². The molecule has 0 spiro atoms. The number of carbonyl (C=O) groups excluding carboxylic acids is 2. The monoisotopic (exact) mass is 315 g/mol. The zero-order chi connectivity index (χ0) is 16.7. The van der Waals surface area contributed by atoms with Gasteiger partial charge >= 0.3 is 5.97 Å². The summed E-state index contributed by atoms with van der Waals surface area (Å²) in [7, 11) is 0. The maximum Gasteiger partial charge on any atom is 0.310 e. The first-order valence-corrected chi connectivity index (χ1v) is 7.29. The molecule has 0 aliphatic heterocycles. The third-order valence-corrected chi connectivity index (χ3v) is 3.28. The number of hydrogen-bond acceptors (Lipinski definition) is 3. The highest BCUT2D eigenvalue weighted by molar-refractivity contribution is 5.81. The summed E-state index contributed by atoms with van der Waals surface area (Å²) >= 11 is 0. The maximum atomic E-state index is 13.0. The molecule has 0 bridgehead atoms. The van der Waals surface area contributed by atoms with Gasteiger partial charge in [-0.15, -0.1) is 0 Å². The Morgan fingerprint density at radius 2 is 1.87 bits per heavy atom. The third-order valence-electron chi connectivity index (χ3n) is 3.28. The van der Waals surface area contributed by atoms with Crippen LogP contribution >= 0.6 is 0 Å². The van der Waals surface area contributed by atoms with Crippen LogP contribution < -0.4 is 5.32 Å². The highest BCUT2D eigenvalue weighted by atomic mass is 19.1. The molecule has 1 amide bonds. The van der Waals surface area contributed by atoms with Gasteiger partial charge in [-0.05, 0) is 30.2 Å². The van der Waals surface area contributed by atoms with Crippen molar-refractivity contribution in [2.75, 3.05) is 6.61 Å². The van der Waals surface area contributed by atoms with Crippen molar-refractivity contribution >= 4 is 11.9 Å². The standard InChI is InChI=1S/C18H18FNO3/c1-13(15-7-3-2-4-8-15)20-17(21)12-23-18(22)11-14-6-5-9-16(19)10-14/h2-10,13H,11-12H2,1H3,(H,20,21)/t13-/m0/s1. The molecule has 0 aliphatic carbocycles. The van der Waals surface area contributed by atoms with Crippen LogP contribution in [0.4, 0.5) is 4.39 Å². The van der Waals surface area contributed by atoms with E-state index in [9.17, 15) is 14.0 Å². The first kappa shape index (κ1) is 16.7. The normalized spacial score (nSPS) is 11.6. The predicted molar refractivity (Wildman–Crippen MR) is 84.1 cm³/mol. The van der Waals surface area contributed by atoms with E-state index in [-0.39, 0.29) is 25.0 Å². The minimum Gasteiger partial charge on any atom is -0.455 e. The molecule has 0 unspecified atom stereocenters. The zero-order valence-electron chi connectivity index (χ0n) is 12.8. The van der Waals surface area contributed by atoms with E-state index in [1.54, 1.807) is 6.07 Å². The number of ether oxygens (including phenoxy) is 1. The molecule has 0 radical (unpaired) electrons. The molecule has 0 aromatic heterocycles. The van der Waals surface area contributed by atoms with Crippen molar-refractivity contribution in [3.8, 4) is 0 Å². The molecule has 0 heterocycles. The zero-order valence-corrected chi connectivity index (χ0v) is 12.8. The fraction of sp³-hybridized carbons (Fsp3) is 0.222. The van der Waals surface area contributed by atoms with Crippen molar-refractivity contribution in [3.63, 3.8) is 0 Å². The quantitative estimate of drug-likeness (QED) is 0.834. The number of hydrogen-bond donors (Lipinski definition) is 1. The van der Waals surface area contributed by atoms with Crippen molar-refractivity contribution in [2.24, 2.45) is 0 Å². The van der Waals surface area contributed by atoms with Crippen LogP contribution in [-0.2, 0) is 20.7 Å². The van der Waals surface area contributed by atoms with Gasteiger partial charge in [0.15, 0.2) is 6.61 Å². The average molecular weight is 315 g/mol. The van der Waals surface area contributed by atoms with Crippen LogP contribution in [-0.4, -0.2) is 18.5 Å². The lowest BCUT2D eigenvalue weighted by atomic mass is 10.1. The van der Waals surface area contributed by atoms with Gasteiger partial charge in [-0.25, -0.2) is 4.39 Å². The minimum absolute atomic E-state index is 0.0702. The van der Waals surface area contributed by atoms with Gasteiger partial charge < -0.3 is 10.1 Å². The molecule has 0 fully saturated rings. The Bertz CT molecular complexity index is 673. The number of halogens is 1. The fourth-order valence-electron chi connectivity index (χ4n) is 2.12. The second-order valence-electron chi connectivity index (χ2n) is 5.17. The molecule has 0 saturated heterocycles. The first-order valence-electron chi connectivity index (χ1n) is 7.29. The second-order valence-corrected chi connectivity index (χ2v) is 5.17. The molecular formula is C18H18FNO3. The molecule has 2 aromatic carbocycles. The van der Waals surface area contributed by atoms with E-state index in [0.29, 0.717) is 5.56 Å². The van der Waals surface area contributed by atoms with Crippen LogP contribution in [0.25, 0.3) is 0 Å². The summed E-state index contributed by atoms with van der Waals surface area (Å²) in [5.41, 5.74) is 1.47. The minimum atomic E-state index is -0.571. The summed E-state index contributed by atoms with van der Waals surface area (Å²) in [6.45, 7) is 1.49. The lowest BCUT2D eigenvalue weighted by Crippen LogP contribution is -2.31. The van der Waals surface area contributed by atoms with Crippen molar-refractivity contribution in [1.82, 2.24) is 5.32 Å². The first-order chi connectivity index (χ1) is 11.0. The van der Waals surface area contributed by atoms with Crippen LogP contribution in [0.1, 0.15) is 24.1 Å². The number of amides is 1. The topological polar surface area (TPSA) is 55.4 Å². The number of esters is 1. The molecule has 5 heteroatoms. The Labute approximate surface area is 134 Å². The SMILES string of the molecule is C[C@H](NC(=O)COC(=O)Cc1cccc(F)c1)c1ccccc1. The average Bonchev–Trinajstić information content (AvgIpc) is 2.54. The smallest absolute Gasteiger partial charge is 0.310 e. The molecule has 0 saturated carbocycles. The summed E-state index contributed by atoms with van der Waals surface area (Å²) in [6, 6.07) is 15.0. The van der Waals surface area contributed by atoms with Crippen molar-refractivity contribution in [1.29, 1.82) is 0 Å². The number of benzene rings is 2. The molecule has 120 valence electrons. The Morgan fingerprint density at radius 1 is 1.13 bits per heavy atom. The van der Waals surface area contributed by atoms with E-state index in [0.717, 1.165) is 5.56 Å². The van der Waals surface area contributed by atoms with Crippen LogP contribution in [0.15, 0.2) is 54.6 Å². The molecule has 23 heavy (non-hydrogen) atoms. The van der Waals surface area contributed by atoms with Gasteiger partial charge in [-0.1, -0.05) is 42.5 Å². The van der Waals surface area contributed by atoms with Crippen molar-refractivity contribution in [2.45, 2.75) is 19.4 Å². The van der Waals surface area contributed by atoms with Gasteiger partial charge in [0.25, 0.3) is 5.91 Å². The maximum absolute atomic E-state index is 13.0. The Kier molecular flexibility index (Phi) is 5.86. The van der Waals surface area contributed by atoms with Gasteiger partial charge in [0.1, 0.15) is 5.82 Å². The molecule has 4 nitrogen and oxygen atoms in total. The van der Waals surface area contributed by atoms with E-state index in [2.05, 4.69) is 5.32 Å². The summed E-state index contributed by atoms with van der Waals surface area (Å²) < 4.78 is 17.9. The molecule has 1 atom stereocenters. The van der Waals surface area contributed by atoms with E-state index >= 15 is 0 Å². The second kappa shape index (κ2) is 8.08. The molecule has 0 aliphatic rings. The number of carbonyl (C=O) groups is 2. The van der Waals surface area contributed by atoms with Crippen LogP contribution in [0.3, 0.4) is 0 Å². The third kappa shape index (κ3) is 5.54. The number of nitrogens with one attached hydrogen (secondary N) is 1. The van der Waals surface area contributed by atoms with Gasteiger partial charge in [-0.3, -0.25) is 9.59 Å². The summed E-state index contributed by atoms with van der Waals surface area (Å²) in [4.78, 5) is 23.4. The summed E-state index contributed by atoms with van der Waals surface area (Å²) in [5, 5.41) is 2.75. The van der Waals surface area contributed by atoms with E-state index in [4.69, 9.17) is 4.74 Å². The number of rotatable bonds is 6. The fourth-order valence-corrected chi connectivity index (χ4v) is 2.12. The summed E-state index contributed by atoms with van der Waals surface area (Å²) in [6.07, 6.45) is -0.0702. The molecule has 1 N–H and O–H groups in total. The van der Waals surface area contributed by atoms with E-state index < -0.39 is 11.8 Å². The predicted octanol–water partition coefficient (Wildman–Crippen LogP) is 2.79. The van der Waals surface area contributed by atoms with Gasteiger partial charge in [0.05, 0.1) is 12.5 Å². The highest BCUT2D eigenvalue weighted by Crippen LogP contribution is 2.10. The Balaban J connectivity index is 1.76. The lowest BCUT2D eigenvalue weighted by molar-refractivity contribution is -0.148. The van der Waals surface area contributed by atoms with E-state index in [1.807, 2.05) is 37.3 Å². The lowest BCUT2D eigenvalue weighted by Gasteiger charge is -2.14. The van der Waals surface area contributed by atoms with Crippen LogP contribution in [0, 0.1) is 5.82 Å². The van der Waals surface area contributed by atoms with Gasteiger partial charge in [-0.2, -0.15) is 0 Å². The molecule has 2 aromatic rings. The molecule has 2 rings (SSSR count). The van der Waals surface area contributed by atoms with Crippen LogP contribution in [0.2, 0.25) is 0 Å². The Morgan fingerprint density at radius 3 is 2.57 bits per heavy atom. The van der Waals surface area contributed by atoms with Crippen molar-refractivity contribution < 1.29 is 18.7 Å². The van der Waals surface area contributed by atoms with Gasteiger partial charge in [0, 0.05) is 0 Å². The Hall–Kier alpha value is -2.69. The van der Waals surface area contributed by atoms with Gasteiger partial charge in [0.2, 0.25) is 0 Å². The van der Waals surface area contributed by atoms with E-state index in [1.165, 1.54) is 18.2 Å². The van der Waals surface area contributed by atoms with Crippen LogP contribution in [0.5, 0.6) is 0 Å². The molecular weight excluding hydrogens is 297 g/mol. The largest absolute Gasteiger partial charge is 0.455 e. The highest BCUT2D eigenvalue weighted by Gasteiger charge is 2.12.